The number of aromatic hydroxyl groups is 1. The molecule has 0 fully saturated rings. The number of amides is 1. The molecule has 124 valence electrons. The fraction of sp³-hybridized carbons (Fsp3) is 0.294. The summed E-state index contributed by atoms with van der Waals surface area (Å²) in [6.07, 6.45) is 2.29. The highest BCUT2D eigenvalue weighted by Gasteiger charge is 2.13. The molecule has 0 aliphatic heterocycles. The molecule has 2 aromatic heterocycles. The highest BCUT2D eigenvalue weighted by atomic mass is 16.3. The quantitative estimate of drug-likeness (QED) is 0.718. The van der Waals surface area contributed by atoms with E-state index in [4.69, 9.17) is 0 Å². The zero-order valence-electron chi connectivity index (χ0n) is 13.9. The third-order valence-corrected chi connectivity index (χ3v) is 4.02. The minimum absolute atomic E-state index is 0.0708. The Morgan fingerprint density at radius 3 is 2.83 bits per heavy atom. The summed E-state index contributed by atoms with van der Waals surface area (Å²) in [4.78, 5) is 20.7. The van der Waals surface area contributed by atoms with Gasteiger partial charge >= 0.3 is 0 Å². The smallest absolute Gasteiger partial charge is 0.252 e. The highest BCUT2D eigenvalue weighted by Crippen LogP contribution is 2.24. The molecule has 3 aromatic rings. The molecule has 0 bridgehead atoms. The Labute approximate surface area is 139 Å². The van der Waals surface area contributed by atoms with Crippen LogP contribution in [0.15, 0.2) is 24.5 Å². The fourth-order valence-corrected chi connectivity index (χ4v) is 2.72. The largest absolute Gasteiger partial charge is 0.506 e. The van der Waals surface area contributed by atoms with Crippen molar-refractivity contribution >= 4 is 17.4 Å². The molecular weight excluding hydrogens is 306 g/mol. The van der Waals surface area contributed by atoms with E-state index < -0.39 is 0 Å². The Bertz CT molecular complexity index is 917. The van der Waals surface area contributed by atoms with E-state index in [1.807, 2.05) is 26.8 Å². The molecule has 0 aliphatic rings. The van der Waals surface area contributed by atoms with E-state index in [-0.39, 0.29) is 18.1 Å². The van der Waals surface area contributed by atoms with Crippen molar-refractivity contribution in [2.24, 2.45) is 0 Å². The fourth-order valence-electron chi connectivity index (χ4n) is 2.72. The number of benzene rings is 1. The molecule has 0 aliphatic carbocycles. The highest BCUT2D eigenvalue weighted by molar-refractivity contribution is 5.92. The lowest BCUT2D eigenvalue weighted by molar-refractivity contribution is -0.116. The lowest BCUT2D eigenvalue weighted by Gasteiger charge is -2.11. The number of phenolic OH excluding ortho intramolecular Hbond substituents is 1. The summed E-state index contributed by atoms with van der Waals surface area (Å²) in [7, 11) is 0. The number of carbonyl (C=O) groups is 1. The molecule has 1 amide bonds. The molecule has 0 saturated heterocycles. The van der Waals surface area contributed by atoms with Gasteiger partial charge < -0.3 is 10.4 Å². The zero-order chi connectivity index (χ0) is 17.3. The van der Waals surface area contributed by atoms with Crippen LogP contribution in [0.25, 0.3) is 5.78 Å². The third-order valence-electron chi connectivity index (χ3n) is 4.02. The molecule has 0 saturated carbocycles. The summed E-state index contributed by atoms with van der Waals surface area (Å²) in [6.45, 7) is 5.72. The number of nitrogens with one attached hydrogen (secondary N) is 1. The van der Waals surface area contributed by atoms with Crippen LogP contribution in [0.4, 0.5) is 5.69 Å². The van der Waals surface area contributed by atoms with E-state index in [0.717, 1.165) is 22.5 Å². The Morgan fingerprint density at radius 2 is 2.08 bits per heavy atom. The lowest BCUT2D eigenvalue weighted by atomic mass is 10.1. The maximum absolute atomic E-state index is 12.2. The van der Waals surface area contributed by atoms with Crippen molar-refractivity contribution in [3.63, 3.8) is 0 Å². The molecule has 0 atom stereocenters. The van der Waals surface area contributed by atoms with E-state index in [2.05, 4.69) is 20.4 Å². The number of phenols is 1. The van der Waals surface area contributed by atoms with Gasteiger partial charge in [-0.2, -0.15) is 10.1 Å². The Kier molecular flexibility index (Phi) is 4.16. The minimum atomic E-state index is -0.161. The second-order valence-corrected chi connectivity index (χ2v) is 5.80. The molecule has 7 heteroatoms. The SMILES string of the molecule is Cc1ccc(NC(=O)CCc2c(C)nc3ncnn3c2C)c(O)c1. The standard InChI is InChI=1S/C17H19N5O2/c1-10-4-6-14(15(23)8-10)21-16(24)7-5-13-11(2)20-17-18-9-19-22(17)12(13)3/h4,6,8-9,23H,5,7H2,1-3H3,(H,21,24). The molecule has 0 unspecified atom stereocenters. The van der Waals surface area contributed by atoms with Crippen LogP contribution in [0.2, 0.25) is 0 Å². The first-order valence-electron chi connectivity index (χ1n) is 7.71. The Hall–Kier alpha value is -2.96. The average molecular weight is 325 g/mol. The predicted octanol–water partition coefficient (Wildman–Crippen LogP) is 2.33. The van der Waals surface area contributed by atoms with Crippen LogP contribution in [0.3, 0.4) is 0 Å². The van der Waals surface area contributed by atoms with E-state index in [1.165, 1.54) is 6.33 Å². The van der Waals surface area contributed by atoms with E-state index >= 15 is 0 Å². The summed E-state index contributed by atoms with van der Waals surface area (Å²) in [5.41, 5.74) is 4.11. The Balaban J connectivity index is 1.72. The third kappa shape index (κ3) is 3.05. The van der Waals surface area contributed by atoms with E-state index in [9.17, 15) is 9.90 Å². The zero-order valence-corrected chi connectivity index (χ0v) is 13.9. The van der Waals surface area contributed by atoms with Crippen LogP contribution >= 0.6 is 0 Å². The topological polar surface area (TPSA) is 92.4 Å². The number of hydrogen-bond acceptors (Lipinski definition) is 5. The van der Waals surface area contributed by atoms with Crippen LogP contribution < -0.4 is 5.32 Å². The summed E-state index contributed by atoms with van der Waals surface area (Å²) in [5, 5.41) is 16.7. The van der Waals surface area contributed by atoms with Gasteiger partial charge in [-0.05, 0) is 50.5 Å². The summed E-state index contributed by atoms with van der Waals surface area (Å²) in [5.74, 6) is 0.468. The molecule has 1 aromatic carbocycles. The molecule has 7 nitrogen and oxygen atoms in total. The van der Waals surface area contributed by atoms with Gasteiger partial charge in [0.15, 0.2) is 0 Å². The van der Waals surface area contributed by atoms with Gasteiger partial charge in [-0.1, -0.05) is 6.07 Å². The van der Waals surface area contributed by atoms with Gasteiger partial charge in [0.25, 0.3) is 5.78 Å². The van der Waals surface area contributed by atoms with Gasteiger partial charge in [0, 0.05) is 17.8 Å². The van der Waals surface area contributed by atoms with E-state index in [0.29, 0.717) is 17.9 Å². The molecule has 0 spiro atoms. The van der Waals surface area contributed by atoms with Gasteiger partial charge in [-0.3, -0.25) is 4.79 Å². The van der Waals surface area contributed by atoms with Crippen molar-refractivity contribution in [1.29, 1.82) is 0 Å². The van der Waals surface area contributed by atoms with Gasteiger partial charge in [-0.25, -0.2) is 9.50 Å². The normalized spacial score (nSPS) is 11.0. The van der Waals surface area contributed by atoms with Crippen molar-refractivity contribution in [3.8, 4) is 5.75 Å². The number of rotatable bonds is 4. The van der Waals surface area contributed by atoms with Gasteiger partial charge in [0.1, 0.15) is 12.1 Å². The van der Waals surface area contributed by atoms with Crippen molar-refractivity contribution < 1.29 is 9.90 Å². The average Bonchev–Trinajstić information content (AvgIpc) is 2.98. The molecule has 2 heterocycles. The number of anilines is 1. The number of carbonyl (C=O) groups excluding carboxylic acids is 1. The number of aryl methyl sites for hydroxylation is 3. The van der Waals surface area contributed by atoms with Crippen LogP contribution in [-0.4, -0.2) is 30.6 Å². The molecular formula is C17H19N5O2. The minimum Gasteiger partial charge on any atom is -0.506 e. The maximum Gasteiger partial charge on any atom is 0.252 e. The van der Waals surface area contributed by atoms with Crippen LogP contribution in [0.5, 0.6) is 5.75 Å². The van der Waals surface area contributed by atoms with Crippen molar-refractivity contribution in [2.75, 3.05) is 5.32 Å². The van der Waals surface area contributed by atoms with Crippen LogP contribution in [0, 0.1) is 20.8 Å². The number of aromatic nitrogens is 4. The first-order valence-corrected chi connectivity index (χ1v) is 7.71. The van der Waals surface area contributed by atoms with Crippen molar-refractivity contribution in [2.45, 2.75) is 33.6 Å². The van der Waals surface area contributed by atoms with E-state index in [1.54, 1.807) is 16.6 Å². The molecule has 24 heavy (non-hydrogen) atoms. The van der Waals surface area contributed by atoms with Gasteiger partial charge in [0.2, 0.25) is 5.91 Å². The van der Waals surface area contributed by atoms with Gasteiger partial charge in [0.05, 0.1) is 5.69 Å². The number of hydrogen-bond donors (Lipinski definition) is 2. The second kappa shape index (κ2) is 6.27. The monoisotopic (exact) mass is 325 g/mol. The summed E-state index contributed by atoms with van der Waals surface area (Å²) >= 11 is 0. The van der Waals surface area contributed by atoms with Gasteiger partial charge in [-0.15, -0.1) is 0 Å². The second-order valence-electron chi connectivity index (χ2n) is 5.80. The first kappa shape index (κ1) is 15.9. The lowest BCUT2D eigenvalue weighted by Crippen LogP contribution is -2.14. The Morgan fingerprint density at radius 1 is 1.29 bits per heavy atom. The van der Waals surface area contributed by atoms with Crippen LogP contribution in [-0.2, 0) is 11.2 Å². The predicted molar refractivity (Wildman–Crippen MR) is 90.1 cm³/mol. The van der Waals surface area contributed by atoms with Crippen LogP contribution in [0.1, 0.15) is 28.9 Å². The molecule has 0 radical (unpaired) electrons. The molecule has 2 N–H and O–H groups in total. The number of nitrogens with zero attached hydrogens (tertiary/aromatic N) is 4. The van der Waals surface area contributed by atoms with Crippen molar-refractivity contribution in [3.05, 3.63) is 47.0 Å². The summed E-state index contributed by atoms with van der Waals surface area (Å²) in [6, 6.07) is 5.15. The molecule has 3 rings (SSSR count). The maximum atomic E-state index is 12.2. The summed E-state index contributed by atoms with van der Waals surface area (Å²) < 4.78 is 1.67. The van der Waals surface area contributed by atoms with Crippen molar-refractivity contribution in [1.82, 2.24) is 19.6 Å². The first-order chi connectivity index (χ1) is 11.5. The number of fused-ring (bicyclic) bond motifs is 1.